The second-order valence-electron chi connectivity index (χ2n) is 5.62. The lowest BCUT2D eigenvalue weighted by molar-refractivity contribution is 0.422. The molecule has 3 rings (SSSR count). The van der Waals surface area contributed by atoms with Gasteiger partial charge in [0.25, 0.3) is 0 Å². The Morgan fingerprint density at radius 3 is 2.00 bits per heavy atom. The lowest BCUT2D eigenvalue weighted by atomic mass is 9.97. The van der Waals surface area contributed by atoms with Gasteiger partial charge in [-0.05, 0) is 18.1 Å². The smallest absolute Gasteiger partial charge is 0.160 e. The van der Waals surface area contributed by atoms with Gasteiger partial charge in [0.15, 0.2) is 9.84 Å². The van der Waals surface area contributed by atoms with Gasteiger partial charge in [-0.2, -0.15) is 0 Å². The summed E-state index contributed by atoms with van der Waals surface area (Å²) in [5.74, 6) is 0.176. The molecule has 0 radical (unpaired) electrons. The van der Waals surface area contributed by atoms with Crippen molar-refractivity contribution in [2.45, 2.75) is 24.3 Å². The number of benzene rings is 2. The van der Waals surface area contributed by atoms with Gasteiger partial charge in [0.1, 0.15) is 5.25 Å². The molecule has 1 heterocycles. The van der Waals surface area contributed by atoms with E-state index in [9.17, 15) is 8.42 Å². The Morgan fingerprint density at radius 2 is 1.43 bits per heavy atom. The molecule has 4 heteroatoms. The van der Waals surface area contributed by atoms with Crippen LogP contribution in [0.2, 0.25) is 0 Å². The Kier molecular flexibility index (Phi) is 3.83. The van der Waals surface area contributed by atoms with Crippen LogP contribution < -0.4 is 5.32 Å². The van der Waals surface area contributed by atoms with Gasteiger partial charge in [-0.25, -0.2) is 8.42 Å². The summed E-state index contributed by atoms with van der Waals surface area (Å²) in [6.45, 7) is 1.93. The molecule has 2 aromatic carbocycles. The lowest BCUT2D eigenvalue weighted by Gasteiger charge is -2.36. The molecule has 1 N–H and O–H groups in total. The molecule has 3 nitrogen and oxygen atoms in total. The minimum Gasteiger partial charge on any atom is -0.305 e. The lowest BCUT2D eigenvalue weighted by Crippen LogP contribution is -2.47. The van der Waals surface area contributed by atoms with Crippen LogP contribution in [0.5, 0.6) is 0 Å². The van der Waals surface area contributed by atoms with Crippen LogP contribution in [0.15, 0.2) is 60.7 Å². The fourth-order valence-electron chi connectivity index (χ4n) is 3.08. The largest absolute Gasteiger partial charge is 0.305 e. The van der Waals surface area contributed by atoms with Crippen LogP contribution in [0.25, 0.3) is 0 Å². The monoisotopic (exact) mass is 301 g/mol. The Labute approximate surface area is 125 Å². The molecule has 3 unspecified atom stereocenters. The van der Waals surface area contributed by atoms with Crippen LogP contribution in [0.1, 0.15) is 29.3 Å². The summed E-state index contributed by atoms with van der Waals surface area (Å²) < 4.78 is 25.5. The van der Waals surface area contributed by atoms with E-state index < -0.39 is 15.1 Å². The third kappa shape index (κ3) is 2.87. The van der Waals surface area contributed by atoms with Gasteiger partial charge in [0.05, 0.1) is 11.8 Å². The van der Waals surface area contributed by atoms with Gasteiger partial charge in [-0.1, -0.05) is 60.7 Å². The molecule has 0 amide bonds. The fourth-order valence-corrected chi connectivity index (χ4v) is 5.30. The molecule has 1 aliphatic heterocycles. The normalized spacial score (nSPS) is 28.1. The summed E-state index contributed by atoms with van der Waals surface area (Å²) in [6.07, 6.45) is 0. The number of hydrogen-bond acceptors (Lipinski definition) is 3. The van der Waals surface area contributed by atoms with Crippen molar-refractivity contribution in [3.63, 3.8) is 0 Å². The van der Waals surface area contributed by atoms with Crippen molar-refractivity contribution in [3.8, 4) is 0 Å². The molecule has 0 spiro atoms. The van der Waals surface area contributed by atoms with Crippen LogP contribution in [-0.4, -0.2) is 20.2 Å². The Morgan fingerprint density at radius 1 is 0.905 bits per heavy atom. The van der Waals surface area contributed by atoms with Crippen molar-refractivity contribution in [2.75, 3.05) is 5.75 Å². The highest BCUT2D eigenvalue weighted by atomic mass is 32.2. The van der Waals surface area contributed by atoms with Gasteiger partial charge in [-0.15, -0.1) is 0 Å². The Bertz CT molecular complexity index is 698. The minimum absolute atomic E-state index is 0.0415. The zero-order chi connectivity index (χ0) is 14.9. The van der Waals surface area contributed by atoms with E-state index in [4.69, 9.17) is 0 Å². The fraction of sp³-hybridized carbons (Fsp3) is 0.294. The molecular weight excluding hydrogens is 282 g/mol. The first-order valence-electron chi connectivity index (χ1n) is 7.15. The van der Waals surface area contributed by atoms with Crippen molar-refractivity contribution in [2.24, 2.45) is 0 Å². The van der Waals surface area contributed by atoms with E-state index in [1.807, 2.05) is 67.6 Å². The number of rotatable bonds is 2. The van der Waals surface area contributed by atoms with Crippen LogP contribution >= 0.6 is 0 Å². The predicted molar refractivity (Wildman–Crippen MR) is 84.8 cm³/mol. The van der Waals surface area contributed by atoms with Gasteiger partial charge < -0.3 is 5.32 Å². The second-order valence-corrected chi connectivity index (χ2v) is 7.78. The summed E-state index contributed by atoms with van der Waals surface area (Å²) in [4.78, 5) is 0. The molecule has 0 aliphatic carbocycles. The molecule has 1 fully saturated rings. The van der Waals surface area contributed by atoms with E-state index in [2.05, 4.69) is 5.32 Å². The molecule has 3 atom stereocenters. The van der Waals surface area contributed by atoms with E-state index in [0.717, 1.165) is 11.1 Å². The van der Waals surface area contributed by atoms with Gasteiger partial charge in [0, 0.05) is 6.04 Å². The van der Waals surface area contributed by atoms with E-state index in [1.165, 1.54) is 0 Å². The first-order chi connectivity index (χ1) is 10.1. The predicted octanol–water partition coefficient (Wildman–Crippen LogP) is 2.88. The van der Waals surface area contributed by atoms with Crippen molar-refractivity contribution in [3.05, 3.63) is 71.8 Å². The van der Waals surface area contributed by atoms with Crippen LogP contribution in [-0.2, 0) is 9.84 Å². The number of hydrogen-bond donors (Lipinski definition) is 1. The highest BCUT2D eigenvalue weighted by molar-refractivity contribution is 7.91. The highest BCUT2D eigenvalue weighted by Gasteiger charge is 2.41. The quantitative estimate of drug-likeness (QED) is 0.928. The average Bonchev–Trinajstić information content (AvgIpc) is 2.47. The first-order valence-corrected chi connectivity index (χ1v) is 8.87. The topological polar surface area (TPSA) is 46.2 Å². The van der Waals surface area contributed by atoms with Crippen LogP contribution in [0, 0.1) is 0 Å². The maximum Gasteiger partial charge on any atom is 0.160 e. The summed E-state index contributed by atoms with van der Waals surface area (Å²) in [5, 5.41) is 2.93. The average molecular weight is 301 g/mol. The zero-order valence-electron chi connectivity index (χ0n) is 11.9. The zero-order valence-corrected chi connectivity index (χ0v) is 12.8. The van der Waals surface area contributed by atoms with E-state index >= 15 is 0 Å². The maximum absolute atomic E-state index is 12.7. The van der Waals surface area contributed by atoms with E-state index in [1.54, 1.807) is 0 Å². The van der Waals surface area contributed by atoms with Gasteiger partial charge in [0.2, 0.25) is 0 Å². The SMILES string of the molecule is CC1CS(=O)(=O)C(c2ccccc2)C(c2ccccc2)N1. The van der Waals surface area contributed by atoms with Crippen LogP contribution in [0.3, 0.4) is 0 Å². The molecule has 2 aromatic rings. The van der Waals surface area contributed by atoms with Crippen molar-refractivity contribution >= 4 is 9.84 Å². The molecule has 110 valence electrons. The van der Waals surface area contributed by atoms with Gasteiger partial charge in [-0.3, -0.25) is 0 Å². The number of nitrogens with one attached hydrogen (secondary N) is 1. The van der Waals surface area contributed by atoms with E-state index in [-0.39, 0.29) is 17.8 Å². The van der Waals surface area contributed by atoms with E-state index in [0.29, 0.717) is 0 Å². The third-order valence-electron chi connectivity index (χ3n) is 3.92. The summed E-state index contributed by atoms with van der Waals surface area (Å²) in [6, 6.07) is 19.1. The molecule has 1 aliphatic rings. The third-order valence-corrected chi connectivity index (χ3v) is 6.21. The molecule has 0 aromatic heterocycles. The molecule has 21 heavy (non-hydrogen) atoms. The summed E-state index contributed by atoms with van der Waals surface area (Å²) in [7, 11) is -3.19. The second kappa shape index (κ2) is 5.62. The van der Waals surface area contributed by atoms with Crippen molar-refractivity contribution in [1.29, 1.82) is 0 Å². The van der Waals surface area contributed by atoms with Crippen LogP contribution in [0.4, 0.5) is 0 Å². The first kappa shape index (κ1) is 14.3. The Hall–Kier alpha value is -1.65. The molecule has 0 bridgehead atoms. The summed E-state index contributed by atoms with van der Waals surface area (Å²) >= 11 is 0. The molecule has 0 saturated carbocycles. The Balaban J connectivity index is 2.10. The highest BCUT2D eigenvalue weighted by Crippen LogP contribution is 2.39. The summed E-state index contributed by atoms with van der Waals surface area (Å²) in [5.41, 5.74) is 1.87. The minimum atomic E-state index is -3.19. The molecular formula is C17H19NO2S. The maximum atomic E-state index is 12.7. The number of sulfone groups is 1. The van der Waals surface area contributed by atoms with Crippen molar-refractivity contribution in [1.82, 2.24) is 5.32 Å². The molecule has 1 saturated heterocycles. The van der Waals surface area contributed by atoms with Crippen molar-refractivity contribution < 1.29 is 8.42 Å². The standard InChI is InChI=1S/C17H19NO2S/c1-13-12-21(19,20)17(15-10-6-3-7-11-15)16(18-13)14-8-4-2-5-9-14/h2-11,13,16-18H,12H2,1H3. The van der Waals surface area contributed by atoms with Gasteiger partial charge >= 0.3 is 0 Å².